The largest absolute Gasteiger partial charge is 0.324 e. The summed E-state index contributed by atoms with van der Waals surface area (Å²) in [5, 5.41) is 0. The highest BCUT2D eigenvalue weighted by molar-refractivity contribution is 5.66. The first-order chi connectivity index (χ1) is 8.16. The van der Waals surface area contributed by atoms with Gasteiger partial charge in [0.15, 0.2) is 0 Å². The van der Waals surface area contributed by atoms with Gasteiger partial charge in [0.2, 0.25) is 0 Å². The minimum absolute atomic E-state index is 0.247. The molecule has 0 amide bonds. The van der Waals surface area contributed by atoms with Crippen LogP contribution in [0.5, 0.6) is 0 Å². The minimum Gasteiger partial charge on any atom is -0.324 e. The maximum absolute atomic E-state index is 6.06. The van der Waals surface area contributed by atoms with Gasteiger partial charge in [-0.15, -0.1) is 0 Å². The Morgan fingerprint density at radius 3 is 2.47 bits per heavy atom. The SMILES string of the molecule is CC(C)c1ccc(C2=CC(N)CCCC2)cc1. The fourth-order valence-electron chi connectivity index (χ4n) is 2.44. The van der Waals surface area contributed by atoms with Gasteiger partial charge in [-0.1, -0.05) is 50.6 Å². The monoisotopic (exact) mass is 229 g/mol. The molecule has 0 spiro atoms. The zero-order chi connectivity index (χ0) is 12.3. The van der Waals surface area contributed by atoms with Crippen LogP contribution in [-0.2, 0) is 0 Å². The molecule has 1 heteroatoms. The van der Waals surface area contributed by atoms with Crippen LogP contribution in [0.4, 0.5) is 0 Å². The predicted molar refractivity (Wildman–Crippen MR) is 75.0 cm³/mol. The van der Waals surface area contributed by atoms with Gasteiger partial charge in [-0.2, -0.15) is 0 Å². The van der Waals surface area contributed by atoms with Gasteiger partial charge in [-0.3, -0.25) is 0 Å². The summed E-state index contributed by atoms with van der Waals surface area (Å²) >= 11 is 0. The van der Waals surface area contributed by atoms with Gasteiger partial charge in [0.1, 0.15) is 0 Å². The maximum atomic E-state index is 6.06. The molecule has 1 aliphatic carbocycles. The molecular formula is C16H23N. The van der Waals surface area contributed by atoms with Crippen molar-refractivity contribution < 1.29 is 0 Å². The molecule has 0 fully saturated rings. The molecule has 92 valence electrons. The van der Waals surface area contributed by atoms with Crippen LogP contribution in [0.1, 0.15) is 56.6 Å². The van der Waals surface area contributed by atoms with Crippen molar-refractivity contribution >= 4 is 5.57 Å². The smallest absolute Gasteiger partial charge is 0.0229 e. The molecular weight excluding hydrogens is 206 g/mol. The zero-order valence-corrected chi connectivity index (χ0v) is 10.9. The Hall–Kier alpha value is -1.08. The number of nitrogens with two attached hydrogens (primary N) is 1. The first-order valence-electron chi connectivity index (χ1n) is 6.73. The molecule has 0 bridgehead atoms. The van der Waals surface area contributed by atoms with Gasteiger partial charge in [-0.25, -0.2) is 0 Å². The molecule has 1 atom stereocenters. The van der Waals surface area contributed by atoms with E-state index in [-0.39, 0.29) is 6.04 Å². The summed E-state index contributed by atoms with van der Waals surface area (Å²) in [7, 11) is 0. The van der Waals surface area contributed by atoms with Crippen LogP contribution in [0.2, 0.25) is 0 Å². The van der Waals surface area contributed by atoms with Crippen LogP contribution in [0.25, 0.3) is 5.57 Å². The summed E-state index contributed by atoms with van der Waals surface area (Å²) in [6.45, 7) is 4.46. The fraction of sp³-hybridized carbons (Fsp3) is 0.500. The highest BCUT2D eigenvalue weighted by Gasteiger charge is 2.10. The number of allylic oxidation sites excluding steroid dienone is 1. The lowest BCUT2D eigenvalue weighted by atomic mass is 9.96. The van der Waals surface area contributed by atoms with Gasteiger partial charge in [-0.05, 0) is 41.9 Å². The average Bonchev–Trinajstić information content (AvgIpc) is 2.54. The first kappa shape index (κ1) is 12.4. The summed E-state index contributed by atoms with van der Waals surface area (Å²) in [4.78, 5) is 0. The van der Waals surface area contributed by atoms with E-state index < -0.39 is 0 Å². The van der Waals surface area contributed by atoms with E-state index in [0.717, 1.165) is 6.42 Å². The summed E-state index contributed by atoms with van der Waals surface area (Å²) in [6.07, 6.45) is 7.09. The molecule has 1 aliphatic rings. The lowest BCUT2D eigenvalue weighted by Crippen LogP contribution is -2.15. The molecule has 17 heavy (non-hydrogen) atoms. The summed E-state index contributed by atoms with van der Waals surface area (Å²) in [5.74, 6) is 0.606. The molecule has 1 nitrogen and oxygen atoms in total. The van der Waals surface area contributed by atoms with Crippen LogP contribution in [0.15, 0.2) is 30.3 Å². The normalized spacial score (nSPS) is 21.2. The Bertz CT molecular complexity index is 386. The molecule has 1 unspecified atom stereocenters. The summed E-state index contributed by atoms with van der Waals surface area (Å²) < 4.78 is 0. The van der Waals surface area contributed by atoms with E-state index in [9.17, 15) is 0 Å². The van der Waals surface area contributed by atoms with E-state index in [1.54, 1.807) is 0 Å². The van der Waals surface area contributed by atoms with Gasteiger partial charge in [0.25, 0.3) is 0 Å². The topological polar surface area (TPSA) is 26.0 Å². The van der Waals surface area contributed by atoms with Crippen molar-refractivity contribution in [3.05, 3.63) is 41.5 Å². The Balaban J connectivity index is 2.21. The molecule has 2 N–H and O–H groups in total. The average molecular weight is 229 g/mol. The molecule has 0 aliphatic heterocycles. The second-order valence-electron chi connectivity index (χ2n) is 5.38. The van der Waals surface area contributed by atoms with E-state index in [1.807, 2.05) is 0 Å². The second-order valence-corrected chi connectivity index (χ2v) is 5.38. The molecule has 0 saturated carbocycles. The zero-order valence-electron chi connectivity index (χ0n) is 10.9. The van der Waals surface area contributed by atoms with Crippen LogP contribution < -0.4 is 5.73 Å². The molecule has 1 aromatic carbocycles. The van der Waals surface area contributed by atoms with Gasteiger partial charge < -0.3 is 5.73 Å². The molecule has 1 aromatic rings. The first-order valence-corrected chi connectivity index (χ1v) is 6.73. The highest BCUT2D eigenvalue weighted by atomic mass is 14.6. The van der Waals surface area contributed by atoms with Crippen molar-refractivity contribution in [2.24, 2.45) is 5.73 Å². The van der Waals surface area contributed by atoms with Crippen LogP contribution in [-0.4, -0.2) is 6.04 Å². The van der Waals surface area contributed by atoms with Crippen molar-refractivity contribution in [1.29, 1.82) is 0 Å². The number of rotatable bonds is 2. The van der Waals surface area contributed by atoms with E-state index in [1.165, 1.54) is 36.0 Å². The van der Waals surface area contributed by atoms with Gasteiger partial charge in [0, 0.05) is 6.04 Å². The van der Waals surface area contributed by atoms with E-state index in [0.29, 0.717) is 5.92 Å². The van der Waals surface area contributed by atoms with E-state index >= 15 is 0 Å². The van der Waals surface area contributed by atoms with Crippen molar-refractivity contribution in [1.82, 2.24) is 0 Å². The quantitative estimate of drug-likeness (QED) is 0.812. The minimum atomic E-state index is 0.247. The Morgan fingerprint density at radius 1 is 1.12 bits per heavy atom. The standard InChI is InChI=1S/C16H23N/c1-12(2)13-7-9-14(10-8-13)15-5-3-4-6-16(17)11-15/h7-12,16H,3-6,17H2,1-2H3. The van der Waals surface area contributed by atoms with Crippen molar-refractivity contribution in [2.75, 3.05) is 0 Å². The third kappa shape index (κ3) is 3.19. The van der Waals surface area contributed by atoms with Gasteiger partial charge >= 0.3 is 0 Å². The van der Waals surface area contributed by atoms with Crippen molar-refractivity contribution in [2.45, 2.75) is 51.5 Å². The number of hydrogen-bond donors (Lipinski definition) is 1. The molecule has 0 aromatic heterocycles. The molecule has 0 heterocycles. The van der Waals surface area contributed by atoms with Crippen LogP contribution in [0.3, 0.4) is 0 Å². The summed E-state index contributed by atoms with van der Waals surface area (Å²) in [5.41, 5.74) is 10.3. The van der Waals surface area contributed by atoms with Gasteiger partial charge in [0.05, 0.1) is 0 Å². The Kier molecular flexibility index (Phi) is 4.01. The molecule has 0 radical (unpaired) electrons. The lowest BCUT2D eigenvalue weighted by Gasteiger charge is -2.10. The number of benzene rings is 1. The maximum Gasteiger partial charge on any atom is 0.0229 e. The van der Waals surface area contributed by atoms with E-state index in [2.05, 4.69) is 44.2 Å². The highest BCUT2D eigenvalue weighted by Crippen LogP contribution is 2.26. The number of hydrogen-bond acceptors (Lipinski definition) is 1. The molecule has 0 saturated heterocycles. The van der Waals surface area contributed by atoms with Crippen molar-refractivity contribution in [3.8, 4) is 0 Å². The fourth-order valence-corrected chi connectivity index (χ4v) is 2.44. The second kappa shape index (κ2) is 5.50. The summed E-state index contributed by atoms with van der Waals surface area (Å²) in [6, 6.07) is 9.24. The van der Waals surface area contributed by atoms with Crippen LogP contribution >= 0.6 is 0 Å². The van der Waals surface area contributed by atoms with Crippen molar-refractivity contribution in [3.63, 3.8) is 0 Å². The van der Waals surface area contributed by atoms with Crippen LogP contribution in [0, 0.1) is 0 Å². The predicted octanol–water partition coefficient (Wildman–Crippen LogP) is 4.09. The third-order valence-corrected chi connectivity index (χ3v) is 3.60. The third-order valence-electron chi connectivity index (χ3n) is 3.60. The van der Waals surface area contributed by atoms with E-state index in [4.69, 9.17) is 5.73 Å². The Morgan fingerprint density at radius 2 is 1.82 bits per heavy atom. The molecule has 2 rings (SSSR count). The lowest BCUT2D eigenvalue weighted by molar-refractivity contribution is 0.658. The Labute approximate surface area is 105 Å².